The van der Waals surface area contributed by atoms with Crippen LogP contribution < -0.4 is 4.74 Å². The first kappa shape index (κ1) is 33.7. The Hall–Kier alpha value is -3.22. The molecule has 1 aliphatic rings. The number of nitrogens with zero attached hydrogens (tertiary/aromatic N) is 1. The third-order valence-electron chi connectivity index (χ3n) is 7.33. The van der Waals surface area contributed by atoms with Crippen molar-refractivity contribution in [3.05, 3.63) is 64.9 Å². The molecule has 0 spiro atoms. The van der Waals surface area contributed by atoms with E-state index in [0.717, 1.165) is 28.6 Å². The normalized spacial score (nSPS) is 17.6. The van der Waals surface area contributed by atoms with Crippen LogP contribution in [0.25, 0.3) is 10.9 Å². The molecular weight excluding hydrogens is 587 g/mol. The van der Waals surface area contributed by atoms with Crippen molar-refractivity contribution < 1.29 is 45.7 Å². The van der Waals surface area contributed by atoms with Gasteiger partial charge in [-0.05, 0) is 52.2 Å². The highest BCUT2D eigenvalue weighted by Crippen LogP contribution is 2.43. The topological polar surface area (TPSA) is 73.0 Å². The number of halogens is 5. The molecule has 242 valence electrons. The van der Waals surface area contributed by atoms with E-state index in [2.05, 4.69) is 14.5 Å². The number of hydrogen-bond acceptors (Lipinski definition) is 6. The zero-order valence-corrected chi connectivity index (χ0v) is 25.4. The number of benzene rings is 2. The molecule has 0 fully saturated rings. The number of fused-ring (bicyclic) bond motifs is 3. The molecule has 0 unspecified atom stereocenters. The van der Waals surface area contributed by atoms with Gasteiger partial charge in [-0.3, -0.25) is 4.90 Å². The van der Waals surface area contributed by atoms with E-state index in [9.17, 15) is 18.0 Å². The van der Waals surface area contributed by atoms with Gasteiger partial charge in [0.15, 0.2) is 0 Å². The molecule has 0 saturated carbocycles. The number of carbonyl (C=O) groups excluding carboxylic acids is 1. The molecular formula is C32H39F5N2O5. The molecule has 0 radical (unpaired) electrons. The van der Waals surface area contributed by atoms with Crippen molar-refractivity contribution in [1.29, 1.82) is 0 Å². The molecule has 1 aliphatic heterocycles. The SMILES string of the molecule is CCOC(=O)C(F)(F)OCCCOCCCOc1cc(F)c([C@@H]2c3[nH]c4ccccc4c3C[C@@H](C)N2CC(C)(C)F)c(F)c1. The van der Waals surface area contributed by atoms with E-state index < -0.39 is 42.0 Å². The van der Waals surface area contributed by atoms with Crippen molar-refractivity contribution in [1.82, 2.24) is 9.88 Å². The average molecular weight is 627 g/mol. The Balaban J connectivity index is 1.37. The second-order valence-corrected chi connectivity index (χ2v) is 11.5. The van der Waals surface area contributed by atoms with Gasteiger partial charge >= 0.3 is 12.1 Å². The zero-order valence-electron chi connectivity index (χ0n) is 25.4. The Morgan fingerprint density at radius 2 is 1.68 bits per heavy atom. The molecule has 2 heterocycles. The maximum Gasteiger partial charge on any atom is 0.456 e. The van der Waals surface area contributed by atoms with Crippen LogP contribution in [0.2, 0.25) is 0 Å². The summed E-state index contributed by atoms with van der Waals surface area (Å²) in [6, 6.07) is 8.86. The number of nitrogens with one attached hydrogen (secondary N) is 1. The number of aromatic amines is 1. The summed E-state index contributed by atoms with van der Waals surface area (Å²) in [6.45, 7) is 6.01. The average Bonchev–Trinajstić information content (AvgIpc) is 3.30. The van der Waals surface area contributed by atoms with Gasteiger partial charge in [-0.1, -0.05) is 18.2 Å². The molecule has 0 saturated heterocycles. The minimum atomic E-state index is -4.01. The standard InChI is InChI=1S/C32H39F5N2O5/c1-5-42-30(40)32(36,37)44-15-9-13-41-12-8-14-43-21-17-24(33)27(25(34)18-21)29-28-23(22-10-6-7-11-26(22)38-28)16-20(2)39(29)19-31(3,4)35/h6-7,10-11,17-18,20,29,38H,5,8-9,12-16,19H2,1-4H3/t20-,29-/m1/s1. The van der Waals surface area contributed by atoms with E-state index in [1.807, 2.05) is 31.2 Å². The van der Waals surface area contributed by atoms with Crippen molar-refractivity contribution >= 4 is 16.9 Å². The molecule has 44 heavy (non-hydrogen) atoms. The number of para-hydroxylation sites is 1. The fourth-order valence-corrected chi connectivity index (χ4v) is 5.49. The number of hydrogen-bond donors (Lipinski definition) is 1. The monoisotopic (exact) mass is 626 g/mol. The molecule has 1 N–H and O–H groups in total. The second-order valence-electron chi connectivity index (χ2n) is 11.5. The first-order chi connectivity index (χ1) is 20.8. The molecule has 0 aliphatic carbocycles. The fourth-order valence-electron chi connectivity index (χ4n) is 5.49. The van der Waals surface area contributed by atoms with Crippen LogP contribution in [-0.4, -0.2) is 73.3 Å². The van der Waals surface area contributed by atoms with E-state index in [4.69, 9.17) is 9.47 Å². The number of alkyl halides is 3. The number of esters is 1. The summed E-state index contributed by atoms with van der Waals surface area (Å²) >= 11 is 0. The predicted molar refractivity (Wildman–Crippen MR) is 155 cm³/mol. The molecule has 2 atom stereocenters. The number of ether oxygens (including phenoxy) is 4. The molecule has 0 amide bonds. The van der Waals surface area contributed by atoms with Gasteiger partial charge in [-0.15, -0.1) is 0 Å². The smallest absolute Gasteiger partial charge is 0.456 e. The third kappa shape index (κ3) is 8.08. The lowest BCUT2D eigenvalue weighted by Gasteiger charge is -2.43. The molecule has 2 aromatic carbocycles. The number of rotatable bonds is 15. The maximum absolute atomic E-state index is 15.7. The van der Waals surface area contributed by atoms with Gasteiger partial charge in [-0.25, -0.2) is 18.0 Å². The van der Waals surface area contributed by atoms with E-state index >= 15 is 8.78 Å². The Morgan fingerprint density at radius 1 is 1.02 bits per heavy atom. The van der Waals surface area contributed by atoms with Crippen molar-refractivity contribution in [3.8, 4) is 5.75 Å². The van der Waals surface area contributed by atoms with E-state index in [1.54, 1.807) is 4.90 Å². The van der Waals surface area contributed by atoms with Crippen LogP contribution in [0.5, 0.6) is 5.75 Å². The lowest BCUT2D eigenvalue weighted by molar-refractivity contribution is -0.250. The highest BCUT2D eigenvalue weighted by Gasteiger charge is 2.42. The van der Waals surface area contributed by atoms with Crippen molar-refractivity contribution in [2.24, 2.45) is 0 Å². The Morgan fingerprint density at radius 3 is 2.34 bits per heavy atom. The Kier molecular flexibility index (Phi) is 10.9. The van der Waals surface area contributed by atoms with Gasteiger partial charge in [0.1, 0.15) is 23.1 Å². The van der Waals surface area contributed by atoms with Crippen LogP contribution in [-0.2, 0) is 25.4 Å². The Labute approximate surface area is 253 Å². The number of carbonyl (C=O) groups is 1. The minimum Gasteiger partial charge on any atom is -0.493 e. The molecule has 4 rings (SSSR count). The first-order valence-electron chi connectivity index (χ1n) is 14.7. The highest BCUT2D eigenvalue weighted by atomic mass is 19.3. The van der Waals surface area contributed by atoms with Gasteiger partial charge in [0, 0.05) is 66.5 Å². The summed E-state index contributed by atoms with van der Waals surface area (Å²) in [7, 11) is 0. The summed E-state index contributed by atoms with van der Waals surface area (Å²) in [5, 5.41) is 0.976. The largest absolute Gasteiger partial charge is 0.493 e. The summed E-state index contributed by atoms with van der Waals surface area (Å²) in [5.41, 5.74) is 0.673. The van der Waals surface area contributed by atoms with Crippen molar-refractivity contribution in [2.75, 3.05) is 39.6 Å². The van der Waals surface area contributed by atoms with Gasteiger partial charge in [0.25, 0.3) is 0 Å². The molecule has 0 bridgehead atoms. The molecule has 12 heteroatoms. The van der Waals surface area contributed by atoms with Gasteiger partial charge in [-0.2, -0.15) is 8.78 Å². The summed E-state index contributed by atoms with van der Waals surface area (Å²) in [5.74, 6) is -3.35. The van der Waals surface area contributed by atoms with E-state index in [0.29, 0.717) is 18.5 Å². The second kappa shape index (κ2) is 14.3. The lowest BCUT2D eigenvalue weighted by atomic mass is 9.87. The number of H-pyrrole nitrogens is 1. The quantitative estimate of drug-likeness (QED) is 0.113. The zero-order chi connectivity index (χ0) is 32.1. The van der Waals surface area contributed by atoms with Crippen LogP contribution in [0.4, 0.5) is 22.0 Å². The molecule has 3 aromatic rings. The maximum atomic E-state index is 15.7. The van der Waals surface area contributed by atoms with Crippen molar-refractivity contribution in [3.63, 3.8) is 0 Å². The van der Waals surface area contributed by atoms with Crippen molar-refractivity contribution in [2.45, 2.75) is 70.8 Å². The number of aromatic nitrogens is 1. The van der Waals surface area contributed by atoms with Gasteiger partial charge < -0.3 is 23.9 Å². The van der Waals surface area contributed by atoms with Crippen LogP contribution in [0, 0.1) is 11.6 Å². The van der Waals surface area contributed by atoms with Crippen LogP contribution >= 0.6 is 0 Å². The summed E-state index contributed by atoms with van der Waals surface area (Å²) in [6.07, 6.45) is -2.93. The molecule has 1 aromatic heterocycles. The Bertz CT molecular complexity index is 1400. The van der Waals surface area contributed by atoms with Gasteiger partial charge in [0.05, 0.1) is 25.9 Å². The summed E-state index contributed by atoms with van der Waals surface area (Å²) in [4.78, 5) is 16.3. The summed E-state index contributed by atoms with van der Waals surface area (Å²) < 4.78 is 92.7. The van der Waals surface area contributed by atoms with Crippen LogP contribution in [0.1, 0.15) is 63.4 Å². The van der Waals surface area contributed by atoms with Crippen LogP contribution in [0.15, 0.2) is 36.4 Å². The first-order valence-corrected chi connectivity index (χ1v) is 14.7. The lowest BCUT2D eigenvalue weighted by Crippen LogP contribution is -2.48. The van der Waals surface area contributed by atoms with E-state index in [-0.39, 0.29) is 56.7 Å². The highest BCUT2D eigenvalue weighted by molar-refractivity contribution is 5.85. The third-order valence-corrected chi connectivity index (χ3v) is 7.33. The molecule has 7 nitrogen and oxygen atoms in total. The van der Waals surface area contributed by atoms with Gasteiger partial charge in [0.2, 0.25) is 0 Å². The fraction of sp³-hybridized carbons (Fsp3) is 0.531. The minimum absolute atomic E-state index is 0.00329. The predicted octanol–water partition coefficient (Wildman–Crippen LogP) is 6.88. The van der Waals surface area contributed by atoms with Crippen LogP contribution in [0.3, 0.4) is 0 Å². The van der Waals surface area contributed by atoms with E-state index in [1.165, 1.54) is 20.8 Å².